The van der Waals surface area contributed by atoms with Crippen LogP contribution >= 0.6 is 0 Å². The summed E-state index contributed by atoms with van der Waals surface area (Å²) in [6.07, 6.45) is 3.05. The molecule has 0 aliphatic carbocycles. The monoisotopic (exact) mass is 441 g/mol. The first kappa shape index (κ1) is 22.3. The van der Waals surface area contributed by atoms with Crippen molar-refractivity contribution in [3.63, 3.8) is 0 Å². The van der Waals surface area contributed by atoms with Crippen LogP contribution in [-0.4, -0.2) is 44.0 Å². The van der Waals surface area contributed by atoms with Crippen molar-refractivity contribution in [3.05, 3.63) is 46.9 Å². The van der Waals surface area contributed by atoms with Gasteiger partial charge in [0.2, 0.25) is 0 Å². The fourth-order valence-electron chi connectivity index (χ4n) is 4.36. The van der Waals surface area contributed by atoms with E-state index >= 15 is 0 Å². The van der Waals surface area contributed by atoms with E-state index in [1.54, 1.807) is 17.4 Å². The Labute approximate surface area is 188 Å². The Hall–Kier alpha value is -2.90. The maximum Gasteiger partial charge on any atom is 0.259 e. The number of fused-ring (bicyclic) bond motifs is 1. The van der Waals surface area contributed by atoms with Gasteiger partial charge in [-0.25, -0.2) is 9.37 Å². The van der Waals surface area contributed by atoms with Gasteiger partial charge in [-0.15, -0.1) is 0 Å². The van der Waals surface area contributed by atoms with Gasteiger partial charge in [0.05, 0.1) is 11.4 Å². The summed E-state index contributed by atoms with van der Waals surface area (Å²) in [6.45, 7) is 13.3. The Kier molecular flexibility index (Phi) is 5.73. The van der Waals surface area contributed by atoms with E-state index in [9.17, 15) is 9.18 Å². The molecule has 4 rings (SSSR count). The Morgan fingerprint density at radius 1 is 1.25 bits per heavy atom. The van der Waals surface area contributed by atoms with E-state index < -0.39 is 0 Å². The lowest BCUT2D eigenvalue weighted by molar-refractivity contribution is 0.0709. The van der Waals surface area contributed by atoms with Crippen molar-refractivity contribution in [2.45, 2.75) is 71.8 Å². The van der Waals surface area contributed by atoms with Crippen molar-refractivity contribution >= 4 is 17.4 Å². The number of anilines is 1. The number of carbonyl (C=O) groups is 1. The van der Waals surface area contributed by atoms with Crippen molar-refractivity contribution in [2.75, 3.05) is 18.4 Å². The number of likely N-dealkylation sites (tertiary alicyclic amines) is 1. The zero-order valence-electron chi connectivity index (χ0n) is 19.7. The van der Waals surface area contributed by atoms with Crippen LogP contribution in [0.25, 0.3) is 5.65 Å². The Bertz CT molecular complexity index is 1130. The first-order valence-corrected chi connectivity index (χ1v) is 11.3. The number of nitrogens with one attached hydrogen (secondary N) is 1. The number of hydrogen-bond acceptors (Lipinski definition) is 5. The van der Waals surface area contributed by atoms with Crippen LogP contribution in [0.3, 0.4) is 0 Å². The van der Waals surface area contributed by atoms with Crippen LogP contribution in [0, 0.1) is 12.7 Å². The molecule has 0 bridgehead atoms. The summed E-state index contributed by atoms with van der Waals surface area (Å²) in [5.74, 6) is 1.38. The van der Waals surface area contributed by atoms with Gasteiger partial charge in [0.25, 0.3) is 5.91 Å². The number of rotatable bonds is 4. The van der Waals surface area contributed by atoms with Gasteiger partial charge in [0, 0.05) is 30.7 Å². The van der Waals surface area contributed by atoms with Crippen molar-refractivity contribution in [1.82, 2.24) is 19.4 Å². The maximum atomic E-state index is 14.0. The van der Waals surface area contributed by atoms with Gasteiger partial charge in [-0.1, -0.05) is 19.0 Å². The zero-order chi connectivity index (χ0) is 23.2. The number of halogens is 1. The molecule has 3 aromatic rings. The molecule has 0 radical (unpaired) electrons. The molecular weight excluding hydrogens is 409 g/mol. The molecule has 1 amide bonds. The minimum absolute atomic E-state index is 0.0176. The Morgan fingerprint density at radius 2 is 1.94 bits per heavy atom. The molecule has 172 valence electrons. The number of carbonyl (C=O) groups excluding carboxylic acids is 1. The smallest absolute Gasteiger partial charge is 0.259 e. The molecule has 1 fully saturated rings. The molecule has 1 N–H and O–H groups in total. The number of aryl methyl sites for hydroxylation is 1. The maximum absolute atomic E-state index is 14.0. The third kappa shape index (κ3) is 4.23. The summed E-state index contributed by atoms with van der Waals surface area (Å²) in [6, 6.07) is 3.13. The van der Waals surface area contributed by atoms with Crippen LogP contribution in [0.2, 0.25) is 0 Å². The lowest BCUT2D eigenvalue weighted by Crippen LogP contribution is -2.39. The van der Waals surface area contributed by atoms with Gasteiger partial charge >= 0.3 is 0 Å². The first-order chi connectivity index (χ1) is 15.0. The number of nitrogens with zero attached hydrogens (tertiary/aromatic N) is 4. The molecule has 32 heavy (non-hydrogen) atoms. The molecule has 4 heterocycles. The molecule has 1 aliphatic heterocycles. The molecule has 8 heteroatoms. The van der Waals surface area contributed by atoms with E-state index in [2.05, 4.69) is 31.2 Å². The normalized spacial score (nSPS) is 15.7. The van der Waals surface area contributed by atoms with Crippen LogP contribution in [0.15, 0.2) is 22.9 Å². The quantitative estimate of drug-likeness (QED) is 0.608. The van der Waals surface area contributed by atoms with E-state index in [1.807, 2.05) is 18.7 Å². The Balaban J connectivity index is 1.58. The molecule has 0 atom stereocenters. The van der Waals surface area contributed by atoms with Gasteiger partial charge < -0.3 is 14.7 Å². The van der Waals surface area contributed by atoms with E-state index in [1.165, 1.54) is 12.3 Å². The van der Waals surface area contributed by atoms with Crippen LogP contribution in [0.1, 0.15) is 86.8 Å². The summed E-state index contributed by atoms with van der Waals surface area (Å²) in [5, 5.41) is 7.61. The average Bonchev–Trinajstić information content (AvgIpc) is 3.27. The van der Waals surface area contributed by atoms with Crippen molar-refractivity contribution in [2.24, 2.45) is 0 Å². The molecule has 1 saturated heterocycles. The highest BCUT2D eigenvalue weighted by atomic mass is 19.1. The lowest BCUT2D eigenvalue weighted by Gasteiger charge is -2.32. The second-order valence-corrected chi connectivity index (χ2v) is 10.0. The lowest BCUT2D eigenvalue weighted by atomic mass is 9.92. The largest absolute Gasteiger partial charge is 0.365 e. The molecule has 7 nitrogen and oxygen atoms in total. The van der Waals surface area contributed by atoms with Gasteiger partial charge in [0.15, 0.2) is 0 Å². The molecule has 0 aromatic carbocycles. The second kappa shape index (κ2) is 8.22. The molecule has 0 unspecified atom stereocenters. The van der Waals surface area contributed by atoms with Crippen molar-refractivity contribution < 1.29 is 13.7 Å². The van der Waals surface area contributed by atoms with Crippen molar-refractivity contribution in [3.8, 4) is 0 Å². The third-order valence-electron chi connectivity index (χ3n) is 5.92. The fraction of sp³-hybridized carbons (Fsp3) is 0.542. The van der Waals surface area contributed by atoms with Crippen LogP contribution in [0.4, 0.5) is 10.2 Å². The molecule has 1 aliphatic rings. The number of aromatic nitrogens is 3. The summed E-state index contributed by atoms with van der Waals surface area (Å²) in [4.78, 5) is 20.0. The Morgan fingerprint density at radius 3 is 2.56 bits per heavy atom. The highest BCUT2D eigenvalue weighted by molar-refractivity contribution is 5.96. The van der Waals surface area contributed by atoms with E-state index in [-0.39, 0.29) is 29.1 Å². The summed E-state index contributed by atoms with van der Waals surface area (Å²) < 4.78 is 21.1. The van der Waals surface area contributed by atoms with Gasteiger partial charge in [-0.2, -0.15) is 0 Å². The fourth-order valence-corrected chi connectivity index (χ4v) is 4.36. The topological polar surface area (TPSA) is 75.7 Å². The summed E-state index contributed by atoms with van der Waals surface area (Å²) in [7, 11) is 0. The minimum atomic E-state index is -0.302. The van der Waals surface area contributed by atoms with Crippen LogP contribution < -0.4 is 5.32 Å². The average molecular weight is 442 g/mol. The van der Waals surface area contributed by atoms with E-state index in [4.69, 9.17) is 9.51 Å². The molecule has 3 aromatic heterocycles. The SMILES string of the molecule is Cc1onc(C(C)C)c1C(=O)N1CCC(c2nc3ccc(F)cn3c2NC(C)(C)C)CC1. The predicted molar refractivity (Wildman–Crippen MR) is 122 cm³/mol. The molecule has 0 saturated carbocycles. The predicted octanol–water partition coefficient (Wildman–Crippen LogP) is 5.12. The van der Waals surface area contributed by atoms with Crippen LogP contribution in [0.5, 0.6) is 0 Å². The molecular formula is C24H32FN5O2. The molecule has 0 spiro atoms. The summed E-state index contributed by atoms with van der Waals surface area (Å²) in [5.41, 5.74) is 2.76. The third-order valence-corrected chi connectivity index (χ3v) is 5.92. The number of amides is 1. The first-order valence-electron chi connectivity index (χ1n) is 11.3. The van der Waals surface area contributed by atoms with E-state index in [0.29, 0.717) is 35.8 Å². The number of imidazole rings is 1. The van der Waals surface area contributed by atoms with Gasteiger partial charge in [-0.05, 0) is 58.6 Å². The second-order valence-electron chi connectivity index (χ2n) is 10.0. The number of pyridine rings is 1. The number of hydrogen-bond donors (Lipinski definition) is 1. The van der Waals surface area contributed by atoms with Gasteiger partial charge in [-0.3, -0.25) is 9.20 Å². The zero-order valence-corrected chi connectivity index (χ0v) is 19.7. The highest BCUT2D eigenvalue weighted by Crippen LogP contribution is 2.35. The minimum Gasteiger partial charge on any atom is -0.365 e. The standard InChI is InChI=1S/C24H32FN5O2/c1-14(2)20-19(15(3)32-28-20)23(31)29-11-9-16(10-12-29)21-22(27-24(4,5)6)30-13-17(25)7-8-18(30)26-21/h7-8,13-14,16,27H,9-12H2,1-6H3. The van der Waals surface area contributed by atoms with Gasteiger partial charge in [0.1, 0.15) is 28.6 Å². The van der Waals surface area contributed by atoms with Crippen molar-refractivity contribution in [1.29, 1.82) is 0 Å². The highest BCUT2D eigenvalue weighted by Gasteiger charge is 2.32. The number of piperidine rings is 1. The summed E-state index contributed by atoms with van der Waals surface area (Å²) >= 11 is 0. The van der Waals surface area contributed by atoms with Crippen LogP contribution in [-0.2, 0) is 0 Å². The van der Waals surface area contributed by atoms with E-state index in [0.717, 1.165) is 24.4 Å².